The number of hydrogen-bond donors (Lipinski definition) is 0. The molecule has 2 aromatic carbocycles. The molecule has 2 aromatic rings. The van der Waals surface area contributed by atoms with Gasteiger partial charge in [-0.3, -0.25) is 0 Å². The van der Waals surface area contributed by atoms with Gasteiger partial charge in [0, 0.05) is 7.88 Å². The van der Waals surface area contributed by atoms with E-state index in [-0.39, 0.29) is 26.4 Å². The van der Waals surface area contributed by atoms with Gasteiger partial charge in [-0.05, 0) is 93.3 Å². The van der Waals surface area contributed by atoms with Gasteiger partial charge in [-0.15, -0.1) is 0 Å². The first-order valence-corrected chi connectivity index (χ1v) is 12.4. The molecule has 0 radical (unpaired) electrons. The van der Waals surface area contributed by atoms with Crippen LogP contribution in [0.3, 0.4) is 0 Å². The fourth-order valence-electron chi connectivity index (χ4n) is 5.02. The van der Waals surface area contributed by atoms with Crippen molar-refractivity contribution in [3.63, 3.8) is 0 Å². The third-order valence-electron chi connectivity index (χ3n) is 6.59. The van der Waals surface area contributed by atoms with E-state index in [0.29, 0.717) is 36.3 Å². The standard InChI is InChI=1S/C29H29ClO6.2H2/c1-6-33-23-11-13-29(14-12-23)26(35-28(32)34-17(2)3)25(27(31)36-29)24-18(4)15-21(16-19(24)5)20-7-9-22(30)10-8-20;;/h1,7-10,15-17,23H,11-14H2,2-5H3;2*1H. The number of carbonyl (C=O) groups excluding carboxylic acids is 2. The topological polar surface area (TPSA) is 71.1 Å². The maximum Gasteiger partial charge on any atom is 0.513 e. The van der Waals surface area contributed by atoms with E-state index in [4.69, 9.17) is 37.0 Å². The molecule has 4 rings (SSSR count). The van der Waals surface area contributed by atoms with Crippen molar-refractivity contribution < 1.29 is 31.4 Å². The number of esters is 1. The number of benzene rings is 2. The minimum absolute atomic E-state index is 0. The number of ether oxygens (including phenoxy) is 4. The number of rotatable bonds is 5. The van der Waals surface area contributed by atoms with Crippen molar-refractivity contribution in [2.45, 2.75) is 71.2 Å². The third kappa shape index (κ3) is 5.08. The number of hydrogen-bond acceptors (Lipinski definition) is 6. The van der Waals surface area contributed by atoms with Crippen LogP contribution in [0.5, 0.6) is 0 Å². The van der Waals surface area contributed by atoms with Gasteiger partial charge in [0.1, 0.15) is 17.8 Å². The lowest BCUT2D eigenvalue weighted by Gasteiger charge is -2.35. The van der Waals surface area contributed by atoms with Gasteiger partial charge >= 0.3 is 12.1 Å². The van der Waals surface area contributed by atoms with Gasteiger partial charge in [0.2, 0.25) is 0 Å². The average molecular weight is 513 g/mol. The first-order chi connectivity index (χ1) is 17.1. The van der Waals surface area contributed by atoms with E-state index in [9.17, 15) is 9.59 Å². The summed E-state index contributed by atoms with van der Waals surface area (Å²) in [5.74, 6) is -0.327. The molecule has 0 unspecified atom stereocenters. The summed E-state index contributed by atoms with van der Waals surface area (Å²) in [6, 6.07) is 11.6. The van der Waals surface area contributed by atoms with Crippen LogP contribution in [-0.2, 0) is 23.7 Å². The monoisotopic (exact) mass is 512 g/mol. The molecule has 1 spiro atoms. The van der Waals surface area contributed by atoms with E-state index in [0.717, 1.165) is 22.3 Å². The second-order valence-corrected chi connectivity index (χ2v) is 9.97. The molecule has 7 heteroatoms. The maximum atomic E-state index is 13.4. The Balaban J connectivity index is 0.00000253. The molecule has 0 saturated heterocycles. The van der Waals surface area contributed by atoms with Crippen molar-refractivity contribution in [1.29, 1.82) is 0 Å². The van der Waals surface area contributed by atoms with Crippen LogP contribution in [0.4, 0.5) is 4.79 Å². The first kappa shape index (κ1) is 25.7. The van der Waals surface area contributed by atoms with E-state index in [2.05, 4.69) is 6.11 Å². The minimum atomic E-state index is -1.08. The minimum Gasteiger partial charge on any atom is -0.447 e. The SMILES string of the molecule is C#COC1CCC2(CC1)OC(=O)C(c1c(C)cc(-c3ccc(Cl)cc3)cc1C)=C2OC(=O)OC(C)C.[HH].[HH]. The molecule has 1 fully saturated rings. The van der Waals surface area contributed by atoms with Crippen molar-refractivity contribution >= 4 is 29.3 Å². The van der Waals surface area contributed by atoms with E-state index in [1.54, 1.807) is 13.8 Å². The summed E-state index contributed by atoms with van der Waals surface area (Å²) in [6.45, 7) is 7.31. The van der Waals surface area contributed by atoms with Gasteiger partial charge in [0.15, 0.2) is 11.4 Å². The fourth-order valence-corrected chi connectivity index (χ4v) is 5.15. The molecule has 0 aromatic heterocycles. The summed E-state index contributed by atoms with van der Waals surface area (Å²) >= 11 is 6.05. The molecule has 192 valence electrons. The van der Waals surface area contributed by atoms with Crippen LogP contribution < -0.4 is 0 Å². The molecule has 1 saturated carbocycles. The van der Waals surface area contributed by atoms with Crippen LogP contribution >= 0.6 is 11.6 Å². The van der Waals surface area contributed by atoms with Crippen LogP contribution in [0.1, 0.15) is 59.1 Å². The lowest BCUT2D eigenvalue weighted by atomic mass is 9.80. The highest BCUT2D eigenvalue weighted by Crippen LogP contribution is 2.49. The number of halogens is 1. The molecular weight excluding hydrogens is 480 g/mol. The predicted molar refractivity (Wildman–Crippen MR) is 141 cm³/mol. The Morgan fingerprint density at radius 3 is 2.31 bits per heavy atom. The number of terminal acetylenes is 1. The summed E-state index contributed by atoms with van der Waals surface area (Å²) in [5, 5.41) is 0.658. The van der Waals surface area contributed by atoms with Crippen molar-refractivity contribution in [1.82, 2.24) is 0 Å². The van der Waals surface area contributed by atoms with Crippen LogP contribution in [0.2, 0.25) is 5.02 Å². The van der Waals surface area contributed by atoms with Gasteiger partial charge in [-0.25, -0.2) is 9.59 Å². The van der Waals surface area contributed by atoms with Crippen LogP contribution in [0, 0.1) is 26.4 Å². The van der Waals surface area contributed by atoms with Gasteiger partial charge in [-0.2, -0.15) is 0 Å². The highest BCUT2D eigenvalue weighted by molar-refractivity contribution is 6.30. The molecule has 0 amide bonds. The summed E-state index contributed by atoms with van der Waals surface area (Å²) < 4.78 is 22.3. The zero-order valence-electron chi connectivity index (χ0n) is 20.9. The molecular formula is C29H33ClO6. The van der Waals surface area contributed by atoms with Crippen molar-refractivity contribution in [2.75, 3.05) is 0 Å². The molecule has 1 heterocycles. The Labute approximate surface area is 219 Å². The molecule has 0 N–H and O–H groups in total. The van der Waals surface area contributed by atoms with Gasteiger partial charge < -0.3 is 18.9 Å². The van der Waals surface area contributed by atoms with Crippen molar-refractivity contribution in [3.8, 4) is 23.7 Å². The summed E-state index contributed by atoms with van der Waals surface area (Å²) in [6.07, 6.45) is 8.09. The molecule has 1 aliphatic carbocycles. The summed E-state index contributed by atoms with van der Waals surface area (Å²) in [4.78, 5) is 26.0. The second-order valence-electron chi connectivity index (χ2n) is 9.53. The number of carbonyl (C=O) groups is 2. The van der Waals surface area contributed by atoms with Crippen molar-refractivity contribution in [2.24, 2.45) is 0 Å². The first-order valence-electron chi connectivity index (χ1n) is 12.0. The Hall–Kier alpha value is -3.43. The van der Waals surface area contributed by atoms with Gasteiger partial charge in [-0.1, -0.05) is 42.3 Å². The van der Waals surface area contributed by atoms with Crippen molar-refractivity contribution in [3.05, 3.63) is 63.9 Å². The Bertz CT molecular complexity index is 1230. The highest BCUT2D eigenvalue weighted by Gasteiger charge is 2.53. The molecule has 2 aliphatic rings. The smallest absolute Gasteiger partial charge is 0.447 e. The normalized spacial score (nSPS) is 21.4. The average Bonchev–Trinajstić information content (AvgIpc) is 3.05. The highest BCUT2D eigenvalue weighted by atomic mass is 35.5. The molecule has 0 atom stereocenters. The molecule has 36 heavy (non-hydrogen) atoms. The molecule has 1 aliphatic heterocycles. The zero-order chi connectivity index (χ0) is 26.0. The lowest BCUT2D eigenvalue weighted by molar-refractivity contribution is -0.151. The van der Waals surface area contributed by atoms with Crippen LogP contribution in [-0.4, -0.2) is 29.9 Å². The second kappa shape index (κ2) is 10.3. The van der Waals surface area contributed by atoms with E-state index < -0.39 is 17.7 Å². The summed E-state index contributed by atoms with van der Waals surface area (Å²) in [7, 11) is 0. The van der Waals surface area contributed by atoms with E-state index in [1.165, 1.54) is 0 Å². The third-order valence-corrected chi connectivity index (χ3v) is 6.84. The Kier molecular flexibility index (Phi) is 7.33. The predicted octanol–water partition coefficient (Wildman–Crippen LogP) is 7.23. The summed E-state index contributed by atoms with van der Waals surface area (Å²) in [5.41, 5.74) is 3.55. The quantitative estimate of drug-likeness (QED) is 0.311. The Morgan fingerprint density at radius 1 is 1.14 bits per heavy atom. The molecule has 0 bridgehead atoms. The Morgan fingerprint density at radius 2 is 1.75 bits per heavy atom. The van der Waals surface area contributed by atoms with Gasteiger partial charge in [0.25, 0.3) is 0 Å². The zero-order valence-corrected chi connectivity index (χ0v) is 21.6. The fraction of sp³-hybridized carbons (Fsp3) is 0.379. The van der Waals surface area contributed by atoms with E-state index >= 15 is 0 Å². The van der Waals surface area contributed by atoms with Gasteiger partial charge in [0.05, 0.1) is 6.10 Å². The van der Waals surface area contributed by atoms with Crippen LogP contribution in [0.15, 0.2) is 42.2 Å². The lowest BCUT2D eigenvalue weighted by Crippen LogP contribution is -2.40. The number of aryl methyl sites for hydroxylation is 2. The largest absolute Gasteiger partial charge is 0.513 e. The maximum absolute atomic E-state index is 13.4. The van der Waals surface area contributed by atoms with E-state index in [1.807, 2.05) is 50.2 Å². The van der Waals surface area contributed by atoms with Crippen LogP contribution in [0.25, 0.3) is 16.7 Å². The molecule has 6 nitrogen and oxygen atoms in total.